The van der Waals surface area contributed by atoms with E-state index in [1.807, 2.05) is 32.0 Å². The fourth-order valence-corrected chi connectivity index (χ4v) is 3.84. The number of amides is 1. The lowest BCUT2D eigenvalue weighted by Crippen LogP contribution is -2.37. The lowest BCUT2D eigenvalue weighted by molar-refractivity contribution is -0.114. The van der Waals surface area contributed by atoms with Gasteiger partial charge in [0.25, 0.3) is 0 Å². The first-order valence-corrected chi connectivity index (χ1v) is 11.0. The summed E-state index contributed by atoms with van der Waals surface area (Å²) in [5.74, 6) is -0.367. The van der Waals surface area contributed by atoms with E-state index in [4.69, 9.17) is 0 Å². The van der Waals surface area contributed by atoms with Crippen molar-refractivity contribution in [2.75, 3.05) is 22.4 Å². The SMILES string of the molecule is CCc1cccc(CC)c1NC(=O)CN(c1ccc(Br)cc1)S(C)(=O)=O. The van der Waals surface area contributed by atoms with Crippen molar-refractivity contribution in [1.82, 2.24) is 0 Å². The van der Waals surface area contributed by atoms with Gasteiger partial charge in [-0.25, -0.2) is 8.42 Å². The molecule has 2 aromatic carbocycles. The summed E-state index contributed by atoms with van der Waals surface area (Å²) in [5.41, 5.74) is 3.30. The topological polar surface area (TPSA) is 66.5 Å². The lowest BCUT2D eigenvalue weighted by atomic mass is 10.0. The van der Waals surface area contributed by atoms with E-state index >= 15 is 0 Å². The minimum Gasteiger partial charge on any atom is -0.324 e. The van der Waals surface area contributed by atoms with Crippen LogP contribution in [-0.2, 0) is 27.7 Å². The maximum atomic E-state index is 12.6. The minimum absolute atomic E-state index is 0.276. The molecule has 0 aliphatic heterocycles. The molecule has 0 fully saturated rings. The molecule has 2 rings (SSSR count). The molecule has 0 radical (unpaired) electrons. The van der Waals surface area contributed by atoms with Gasteiger partial charge in [0, 0.05) is 10.2 Å². The molecule has 140 valence electrons. The largest absolute Gasteiger partial charge is 0.324 e. The molecule has 5 nitrogen and oxygen atoms in total. The average Bonchev–Trinajstić information content (AvgIpc) is 2.60. The highest BCUT2D eigenvalue weighted by molar-refractivity contribution is 9.10. The first kappa shape index (κ1) is 20.5. The summed E-state index contributed by atoms with van der Waals surface area (Å²) in [6.45, 7) is 3.77. The Morgan fingerprint density at radius 3 is 2.04 bits per heavy atom. The smallest absolute Gasteiger partial charge is 0.245 e. The second-order valence-electron chi connectivity index (χ2n) is 5.95. The predicted octanol–water partition coefficient (Wildman–Crippen LogP) is 3.98. The maximum Gasteiger partial charge on any atom is 0.245 e. The maximum absolute atomic E-state index is 12.6. The molecule has 26 heavy (non-hydrogen) atoms. The van der Waals surface area contributed by atoms with Crippen LogP contribution in [-0.4, -0.2) is 27.1 Å². The number of para-hydroxylation sites is 1. The fourth-order valence-electron chi connectivity index (χ4n) is 2.72. The third-order valence-corrected chi connectivity index (χ3v) is 5.73. The Labute approximate surface area is 163 Å². The zero-order valence-corrected chi connectivity index (χ0v) is 17.5. The lowest BCUT2D eigenvalue weighted by Gasteiger charge is -2.23. The molecule has 1 N–H and O–H groups in total. The first-order chi connectivity index (χ1) is 12.3. The third-order valence-electron chi connectivity index (χ3n) is 4.07. The second kappa shape index (κ2) is 8.68. The van der Waals surface area contributed by atoms with Crippen LogP contribution in [0.3, 0.4) is 0 Å². The number of sulfonamides is 1. The van der Waals surface area contributed by atoms with Crippen molar-refractivity contribution in [3.05, 3.63) is 58.1 Å². The Kier molecular flexibility index (Phi) is 6.83. The molecule has 0 aliphatic rings. The monoisotopic (exact) mass is 438 g/mol. The summed E-state index contributed by atoms with van der Waals surface area (Å²) in [7, 11) is -3.59. The van der Waals surface area contributed by atoms with Gasteiger partial charge in [-0.15, -0.1) is 0 Å². The van der Waals surface area contributed by atoms with Crippen molar-refractivity contribution in [3.8, 4) is 0 Å². The Balaban J connectivity index is 2.28. The van der Waals surface area contributed by atoms with Gasteiger partial charge in [0.2, 0.25) is 15.9 Å². The number of hydrogen-bond acceptors (Lipinski definition) is 3. The Morgan fingerprint density at radius 1 is 1.04 bits per heavy atom. The second-order valence-corrected chi connectivity index (χ2v) is 8.78. The molecule has 0 saturated carbocycles. The number of nitrogens with zero attached hydrogens (tertiary/aromatic N) is 1. The first-order valence-electron chi connectivity index (χ1n) is 8.40. The van der Waals surface area contributed by atoms with Crippen LogP contribution < -0.4 is 9.62 Å². The van der Waals surface area contributed by atoms with Gasteiger partial charge in [-0.1, -0.05) is 48.0 Å². The highest BCUT2D eigenvalue weighted by atomic mass is 79.9. The normalized spacial score (nSPS) is 11.2. The molecule has 0 aliphatic carbocycles. The number of benzene rings is 2. The molecule has 0 heterocycles. The van der Waals surface area contributed by atoms with Crippen molar-refractivity contribution in [3.63, 3.8) is 0 Å². The molecule has 0 unspecified atom stereocenters. The van der Waals surface area contributed by atoms with Crippen molar-refractivity contribution in [2.24, 2.45) is 0 Å². The number of hydrogen-bond donors (Lipinski definition) is 1. The predicted molar refractivity (Wildman–Crippen MR) is 110 cm³/mol. The van der Waals surface area contributed by atoms with Crippen LogP contribution in [0.15, 0.2) is 46.9 Å². The summed E-state index contributed by atoms with van der Waals surface area (Å²) in [5, 5.41) is 2.91. The zero-order chi connectivity index (χ0) is 19.3. The number of rotatable bonds is 7. The van der Waals surface area contributed by atoms with E-state index in [0.29, 0.717) is 5.69 Å². The number of anilines is 2. The van der Waals surface area contributed by atoms with Crippen molar-refractivity contribution in [1.29, 1.82) is 0 Å². The Bertz CT molecular complexity index is 858. The van der Waals surface area contributed by atoms with E-state index in [0.717, 1.165) is 44.7 Å². The molecule has 1 amide bonds. The van der Waals surface area contributed by atoms with Crippen LogP contribution in [0.4, 0.5) is 11.4 Å². The van der Waals surface area contributed by atoms with Gasteiger partial charge in [-0.2, -0.15) is 0 Å². The van der Waals surface area contributed by atoms with Crippen LogP contribution in [0.5, 0.6) is 0 Å². The number of aryl methyl sites for hydroxylation is 2. The van der Waals surface area contributed by atoms with Crippen molar-refractivity contribution in [2.45, 2.75) is 26.7 Å². The van der Waals surface area contributed by atoms with E-state index in [-0.39, 0.29) is 12.5 Å². The summed E-state index contributed by atoms with van der Waals surface area (Å²) in [6.07, 6.45) is 2.66. The molecular formula is C19H23BrN2O3S. The molecular weight excluding hydrogens is 416 g/mol. The van der Waals surface area contributed by atoms with Gasteiger partial charge >= 0.3 is 0 Å². The molecule has 0 spiro atoms. The summed E-state index contributed by atoms with van der Waals surface area (Å²) < 4.78 is 26.3. The average molecular weight is 439 g/mol. The molecule has 7 heteroatoms. The summed E-state index contributed by atoms with van der Waals surface area (Å²) in [6, 6.07) is 12.7. The van der Waals surface area contributed by atoms with E-state index in [9.17, 15) is 13.2 Å². The van der Waals surface area contributed by atoms with Gasteiger partial charge < -0.3 is 5.32 Å². The van der Waals surface area contributed by atoms with Crippen LogP contribution in [0.25, 0.3) is 0 Å². The van der Waals surface area contributed by atoms with Gasteiger partial charge in [0.05, 0.1) is 11.9 Å². The minimum atomic E-state index is -3.59. The van der Waals surface area contributed by atoms with Crippen LogP contribution in [0.1, 0.15) is 25.0 Å². The van der Waals surface area contributed by atoms with E-state index < -0.39 is 10.0 Å². The van der Waals surface area contributed by atoms with Crippen LogP contribution >= 0.6 is 15.9 Å². The molecule has 0 atom stereocenters. The third kappa shape index (κ3) is 5.08. The molecule has 2 aromatic rings. The molecule has 0 bridgehead atoms. The quantitative estimate of drug-likeness (QED) is 0.710. The highest BCUT2D eigenvalue weighted by Crippen LogP contribution is 2.24. The van der Waals surface area contributed by atoms with Gasteiger partial charge in [-0.3, -0.25) is 9.10 Å². The van der Waals surface area contributed by atoms with E-state index in [1.165, 1.54) is 0 Å². The van der Waals surface area contributed by atoms with E-state index in [2.05, 4.69) is 21.2 Å². The number of nitrogens with one attached hydrogen (secondary N) is 1. The summed E-state index contributed by atoms with van der Waals surface area (Å²) >= 11 is 3.32. The van der Waals surface area contributed by atoms with Crippen molar-refractivity contribution < 1.29 is 13.2 Å². The number of halogens is 1. The van der Waals surface area contributed by atoms with Crippen LogP contribution in [0.2, 0.25) is 0 Å². The van der Waals surface area contributed by atoms with Crippen molar-refractivity contribution >= 4 is 43.2 Å². The Morgan fingerprint density at radius 2 is 1.58 bits per heavy atom. The Hall–Kier alpha value is -1.86. The van der Waals surface area contributed by atoms with Gasteiger partial charge in [0.1, 0.15) is 6.54 Å². The number of carbonyl (C=O) groups excluding carboxylic acids is 1. The zero-order valence-electron chi connectivity index (χ0n) is 15.1. The van der Waals surface area contributed by atoms with E-state index in [1.54, 1.807) is 24.3 Å². The highest BCUT2D eigenvalue weighted by Gasteiger charge is 2.21. The molecule has 0 saturated heterocycles. The number of carbonyl (C=O) groups is 1. The molecule has 0 aromatic heterocycles. The standard InChI is InChI=1S/C19H23BrN2O3S/c1-4-14-7-6-8-15(5-2)19(14)21-18(23)13-22(26(3,24)25)17-11-9-16(20)10-12-17/h6-12H,4-5,13H2,1-3H3,(H,21,23). The fraction of sp³-hybridized carbons (Fsp3) is 0.316. The van der Waals surface area contributed by atoms with Gasteiger partial charge in [-0.05, 0) is 48.2 Å². The van der Waals surface area contributed by atoms with Crippen LogP contribution in [0, 0.1) is 0 Å². The van der Waals surface area contributed by atoms with Gasteiger partial charge in [0.15, 0.2) is 0 Å². The summed E-state index contributed by atoms with van der Waals surface area (Å²) in [4.78, 5) is 12.6.